The summed E-state index contributed by atoms with van der Waals surface area (Å²) in [7, 11) is 1.39. The third-order valence-electron chi connectivity index (χ3n) is 3.62. The van der Waals surface area contributed by atoms with Crippen molar-refractivity contribution in [2.45, 2.75) is 24.8 Å². The van der Waals surface area contributed by atoms with Crippen molar-refractivity contribution in [3.63, 3.8) is 0 Å². The zero-order valence-corrected chi connectivity index (χ0v) is 10.1. The average Bonchev–Trinajstić information content (AvgIpc) is 2.86. The first-order chi connectivity index (χ1) is 8.72. The smallest absolute Gasteiger partial charge is 0.314 e. The third-order valence-corrected chi connectivity index (χ3v) is 3.62. The second-order valence-corrected chi connectivity index (χ2v) is 4.57. The van der Waals surface area contributed by atoms with Crippen LogP contribution in [0.1, 0.15) is 23.5 Å². The maximum atomic E-state index is 11.9. The standard InChI is InChI=1S/C13H15NO4/c1-16-13(15)11-7-3-5-10-12(18-6-17-10)8(7)2-4-9(11)14/h3,5,9,11H,2,4,6,14H2,1H3. The van der Waals surface area contributed by atoms with Crippen LogP contribution in [-0.4, -0.2) is 25.9 Å². The molecule has 1 aliphatic heterocycles. The van der Waals surface area contributed by atoms with Crippen molar-refractivity contribution in [1.29, 1.82) is 0 Å². The van der Waals surface area contributed by atoms with Crippen molar-refractivity contribution in [2.24, 2.45) is 5.73 Å². The fourth-order valence-electron chi connectivity index (χ4n) is 2.73. The molecule has 0 amide bonds. The van der Waals surface area contributed by atoms with Gasteiger partial charge in [-0.1, -0.05) is 6.07 Å². The molecule has 1 aliphatic carbocycles. The number of carbonyl (C=O) groups is 1. The quantitative estimate of drug-likeness (QED) is 0.750. The highest BCUT2D eigenvalue weighted by Gasteiger charge is 2.36. The number of ether oxygens (including phenoxy) is 3. The highest BCUT2D eigenvalue weighted by Crippen LogP contribution is 2.43. The molecule has 5 nitrogen and oxygen atoms in total. The molecule has 18 heavy (non-hydrogen) atoms. The highest BCUT2D eigenvalue weighted by atomic mass is 16.7. The first-order valence-corrected chi connectivity index (χ1v) is 5.97. The molecule has 0 aromatic heterocycles. The summed E-state index contributed by atoms with van der Waals surface area (Å²) in [4.78, 5) is 11.9. The second kappa shape index (κ2) is 4.17. The topological polar surface area (TPSA) is 70.8 Å². The minimum Gasteiger partial charge on any atom is -0.469 e. The van der Waals surface area contributed by atoms with Gasteiger partial charge in [-0.05, 0) is 24.5 Å². The van der Waals surface area contributed by atoms with Gasteiger partial charge in [0.25, 0.3) is 0 Å². The van der Waals surface area contributed by atoms with Gasteiger partial charge in [-0.3, -0.25) is 4.79 Å². The number of carbonyl (C=O) groups excluding carboxylic acids is 1. The van der Waals surface area contributed by atoms with Gasteiger partial charge in [0, 0.05) is 11.6 Å². The van der Waals surface area contributed by atoms with Crippen LogP contribution in [0.5, 0.6) is 11.5 Å². The summed E-state index contributed by atoms with van der Waals surface area (Å²) in [5, 5.41) is 0. The molecule has 0 bridgehead atoms. The van der Waals surface area contributed by atoms with Crippen molar-refractivity contribution in [3.8, 4) is 11.5 Å². The Balaban J connectivity index is 2.10. The molecule has 96 valence electrons. The lowest BCUT2D eigenvalue weighted by atomic mass is 9.79. The summed E-state index contributed by atoms with van der Waals surface area (Å²) in [6.45, 7) is 0.237. The molecule has 0 spiro atoms. The molecule has 2 N–H and O–H groups in total. The molecule has 3 rings (SSSR count). The van der Waals surface area contributed by atoms with Crippen LogP contribution in [0.4, 0.5) is 0 Å². The van der Waals surface area contributed by atoms with Crippen molar-refractivity contribution in [1.82, 2.24) is 0 Å². The van der Waals surface area contributed by atoms with Crippen LogP contribution in [-0.2, 0) is 16.0 Å². The summed E-state index contributed by atoms with van der Waals surface area (Å²) >= 11 is 0. The van der Waals surface area contributed by atoms with Crippen LogP contribution in [0.3, 0.4) is 0 Å². The van der Waals surface area contributed by atoms with Gasteiger partial charge >= 0.3 is 5.97 Å². The van der Waals surface area contributed by atoms with E-state index in [1.54, 1.807) is 0 Å². The van der Waals surface area contributed by atoms with E-state index in [4.69, 9.17) is 19.9 Å². The van der Waals surface area contributed by atoms with E-state index in [1.165, 1.54) is 7.11 Å². The number of hydrogen-bond donors (Lipinski definition) is 1. The molecule has 1 aromatic carbocycles. The van der Waals surface area contributed by atoms with Gasteiger partial charge in [0.2, 0.25) is 6.79 Å². The van der Waals surface area contributed by atoms with Gasteiger partial charge < -0.3 is 19.9 Å². The van der Waals surface area contributed by atoms with Gasteiger partial charge in [-0.15, -0.1) is 0 Å². The Hall–Kier alpha value is -1.75. The number of fused-ring (bicyclic) bond motifs is 3. The minimum atomic E-state index is -0.409. The molecular formula is C13H15NO4. The lowest BCUT2D eigenvalue weighted by molar-refractivity contribution is -0.143. The summed E-state index contributed by atoms with van der Waals surface area (Å²) < 4.78 is 15.7. The molecule has 1 heterocycles. The van der Waals surface area contributed by atoms with Crippen LogP contribution in [0.2, 0.25) is 0 Å². The largest absolute Gasteiger partial charge is 0.469 e. The molecular weight excluding hydrogens is 234 g/mol. The van der Waals surface area contributed by atoms with Gasteiger partial charge in [-0.2, -0.15) is 0 Å². The second-order valence-electron chi connectivity index (χ2n) is 4.57. The van der Waals surface area contributed by atoms with Gasteiger partial charge in [0.05, 0.1) is 13.0 Å². The molecule has 0 fully saturated rings. The summed E-state index contributed by atoms with van der Waals surface area (Å²) in [6, 6.07) is 3.52. The fraction of sp³-hybridized carbons (Fsp3) is 0.462. The van der Waals surface area contributed by atoms with E-state index in [-0.39, 0.29) is 18.8 Å². The Bertz CT molecular complexity index is 500. The molecule has 2 aliphatic rings. The van der Waals surface area contributed by atoms with E-state index in [1.807, 2.05) is 12.1 Å². The van der Waals surface area contributed by atoms with Crippen molar-refractivity contribution >= 4 is 5.97 Å². The number of rotatable bonds is 1. The number of nitrogens with two attached hydrogens (primary N) is 1. The normalized spacial score (nSPS) is 24.6. The first-order valence-electron chi connectivity index (χ1n) is 5.97. The molecule has 0 saturated carbocycles. The Labute approximate surface area is 105 Å². The zero-order chi connectivity index (χ0) is 12.7. The summed E-state index contributed by atoms with van der Waals surface area (Å²) in [6.07, 6.45) is 1.54. The van der Waals surface area contributed by atoms with E-state index in [0.29, 0.717) is 0 Å². The van der Waals surface area contributed by atoms with Crippen molar-refractivity contribution in [3.05, 3.63) is 23.3 Å². The Kier molecular flexibility index (Phi) is 2.63. The summed E-state index contributed by atoms with van der Waals surface area (Å²) in [5.41, 5.74) is 7.98. The zero-order valence-electron chi connectivity index (χ0n) is 10.1. The maximum Gasteiger partial charge on any atom is 0.314 e. The van der Waals surface area contributed by atoms with Crippen molar-refractivity contribution < 1.29 is 19.0 Å². The SMILES string of the molecule is COC(=O)C1c2ccc3c(c2CCC1N)OCO3. The lowest BCUT2D eigenvalue weighted by Crippen LogP contribution is -2.38. The lowest BCUT2D eigenvalue weighted by Gasteiger charge is -2.29. The third kappa shape index (κ3) is 1.54. The number of methoxy groups -OCH3 is 1. The van der Waals surface area contributed by atoms with Crippen LogP contribution in [0.25, 0.3) is 0 Å². The van der Waals surface area contributed by atoms with Crippen LogP contribution in [0.15, 0.2) is 12.1 Å². The molecule has 5 heteroatoms. The Morgan fingerprint density at radius 1 is 1.44 bits per heavy atom. The van der Waals surface area contributed by atoms with Crippen LogP contribution in [0, 0.1) is 0 Å². The van der Waals surface area contributed by atoms with E-state index in [9.17, 15) is 4.79 Å². The summed E-state index contributed by atoms with van der Waals surface area (Å²) in [5.74, 6) is 0.803. The predicted octanol–water partition coefficient (Wildman–Crippen LogP) is 0.945. The van der Waals surface area contributed by atoms with Gasteiger partial charge in [0.1, 0.15) is 0 Å². The van der Waals surface area contributed by atoms with E-state index in [2.05, 4.69) is 0 Å². The predicted molar refractivity (Wildman–Crippen MR) is 63.6 cm³/mol. The van der Waals surface area contributed by atoms with Gasteiger partial charge in [-0.25, -0.2) is 0 Å². The average molecular weight is 249 g/mol. The number of esters is 1. The molecule has 1 aromatic rings. The van der Waals surface area contributed by atoms with E-state index in [0.717, 1.165) is 35.5 Å². The van der Waals surface area contributed by atoms with Crippen molar-refractivity contribution in [2.75, 3.05) is 13.9 Å². The monoisotopic (exact) mass is 249 g/mol. The number of benzene rings is 1. The van der Waals surface area contributed by atoms with E-state index < -0.39 is 5.92 Å². The van der Waals surface area contributed by atoms with E-state index >= 15 is 0 Å². The van der Waals surface area contributed by atoms with Crippen LogP contribution >= 0.6 is 0 Å². The minimum absolute atomic E-state index is 0.203. The maximum absolute atomic E-state index is 11.9. The van der Waals surface area contributed by atoms with Crippen LogP contribution < -0.4 is 15.2 Å². The first kappa shape index (κ1) is 11.3. The van der Waals surface area contributed by atoms with Gasteiger partial charge in [0.15, 0.2) is 11.5 Å². The molecule has 2 atom stereocenters. The molecule has 0 saturated heterocycles. The Morgan fingerprint density at radius 3 is 3.06 bits per heavy atom. The fourth-order valence-corrected chi connectivity index (χ4v) is 2.73. The highest BCUT2D eigenvalue weighted by molar-refractivity contribution is 5.81. The molecule has 0 radical (unpaired) electrons. The Morgan fingerprint density at radius 2 is 2.28 bits per heavy atom. The molecule has 2 unspecified atom stereocenters. The number of hydrogen-bond acceptors (Lipinski definition) is 5.